The first-order valence-corrected chi connectivity index (χ1v) is 12.1. The Labute approximate surface area is 188 Å². The van der Waals surface area contributed by atoms with Crippen molar-refractivity contribution in [3.63, 3.8) is 0 Å². The molecule has 0 atom stereocenters. The van der Waals surface area contributed by atoms with E-state index in [0.29, 0.717) is 28.5 Å². The van der Waals surface area contributed by atoms with Crippen LogP contribution in [0.4, 0.5) is 0 Å². The third-order valence-electron chi connectivity index (χ3n) is 4.96. The van der Waals surface area contributed by atoms with Crippen molar-refractivity contribution in [1.82, 2.24) is 19.9 Å². The van der Waals surface area contributed by atoms with E-state index in [1.165, 1.54) is 28.7 Å². The van der Waals surface area contributed by atoms with E-state index in [9.17, 15) is 9.59 Å². The zero-order valence-electron chi connectivity index (χ0n) is 17.6. The summed E-state index contributed by atoms with van der Waals surface area (Å²) in [6.07, 6.45) is 3.70. The van der Waals surface area contributed by atoms with Gasteiger partial charge in [0, 0.05) is 18.1 Å². The van der Waals surface area contributed by atoms with Crippen LogP contribution in [0, 0.1) is 6.92 Å². The summed E-state index contributed by atoms with van der Waals surface area (Å²) >= 11 is 2.67. The molecule has 0 saturated heterocycles. The van der Waals surface area contributed by atoms with Gasteiger partial charge in [-0.15, -0.1) is 11.3 Å². The van der Waals surface area contributed by atoms with Crippen molar-refractivity contribution in [1.29, 1.82) is 0 Å². The highest BCUT2D eigenvalue weighted by molar-refractivity contribution is 7.99. The van der Waals surface area contributed by atoms with Crippen molar-refractivity contribution in [2.75, 3.05) is 12.3 Å². The van der Waals surface area contributed by atoms with E-state index in [4.69, 9.17) is 4.98 Å². The molecular weight excluding hydrogens is 428 g/mol. The maximum Gasteiger partial charge on any atom is 0.272 e. The van der Waals surface area contributed by atoms with Crippen molar-refractivity contribution >= 4 is 49.4 Å². The third kappa shape index (κ3) is 4.80. The van der Waals surface area contributed by atoms with Crippen LogP contribution in [0.1, 0.15) is 30.9 Å². The Bertz CT molecular complexity index is 1280. The van der Waals surface area contributed by atoms with Gasteiger partial charge in [-0.2, -0.15) is 0 Å². The smallest absolute Gasteiger partial charge is 0.272 e. The minimum atomic E-state index is -0.0949. The summed E-state index contributed by atoms with van der Waals surface area (Å²) < 4.78 is 2.27. The van der Waals surface area contributed by atoms with Crippen molar-refractivity contribution in [2.45, 2.75) is 38.4 Å². The van der Waals surface area contributed by atoms with Gasteiger partial charge in [-0.25, -0.2) is 9.97 Å². The molecule has 0 fully saturated rings. The molecule has 0 aliphatic carbocycles. The van der Waals surface area contributed by atoms with Gasteiger partial charge in [-0.3, -0.25) is 14.2 Å². The predicted octanol–water partition coefficient (Wildman–Crippen LogP) is 4.37. The molecule has 8 heteroatoms. The third-order valence-corrected chi connectivity index (χ3v) is 7.03. The number of aryl methyl sites for hydroxylation is 1. The fourth-order valence-corrected chi connectivity index (χ4v) is 5.11. The molecule has 0 saturated carbocycles. The van der Waals surface area contributed by atoms with E-state index in [0.717, 1.165) is 28.6 Å². The standard InChI is InChI=1S/C23H24N4O2S2/c1-3-4-11-24-18(28)14-30-23-26-19-17-6-5-12-25-21(17)31-20(19)22(29)27(23)13-16-9-7-15(2)8-10-16/h5-10,12H,3-4,11,13-14H2,1-2H3,(H,24,28). The number of thiophene rings is 1. The number of hydrogen-bond donors (Lipinski definition) is 1. The molecule has 4 aromatic rings. The van der Waals surface area contributed by atoms with Gasteiger partial charge in [0.2, 0.25) is 5.91 Å². The van der Waals surface area contributed by atoms with E-state index in [2.05, 4.69) is 17.2 Å². The molecule has 1 aromatic carbocycles. The minimum absolute atomic E-state index is 0.0495. The Hall–Kier alpha value is -2.71. The summed E-state index contributed by atoms with van der Waals surface area (Å²) in [6.45, 7) is 5.19. The van der Waals surface area contributed by atoms with Gasteiger partial charge in [0.25, 0.3) is 5.56 Å². The molecule has 0 aliphatic heterocycles. The fraction of sp³-hybridized carbons (Fsp3) is 0.304. The zero-order chi connectivity index (χ0) is 21.8. The van der Waals surface area contributed by atoms with Gasteiger partial charge in [0.05, 0.1) is 17.8 Å². The summed E-state index contributed by atoms with van der Waals surface area (Å²) in [5, 5.41) is 4.34. The molecule has 0 unspecified atom stereocenters. The highest BCUT2D eigenvalue weighted by Gasteiger charge is 2.18. The number of thioether (sulfide) groups is 1. The molecule has 4 rings (SSSR count). The summed E-state index contributed by atoms with van der Waals surface area (Å²) in [7, 11) is 0. The number of nitrogens with one attached hydrogen (secondary N) is 1. The van der Waals surface area contributed by atoms with Crippen LogP contribution in [0.2, 0.25) is 0 Å². The predicted molar refractivity (Wildman–Crippen MR) is 128 cm³/mol. The summed E-state index contributed by atoms with van der Waals surface area (Å²) in [6, 6.07) is 11.9. The number of fused-ring (bicyclic) bond motifs is 3. The molecule has 0 aliphatic rings. The minimum Gasteiger partial charge on any atom is -0.355 e. The number of hydrogen-bond acceptors (Lipinski definition) is 6. The van der Waals surface area contributed by atoms with Crippen molar-refractivity contribution in [3.05, 3.63) is 64.1 Å². The molecule has 1 amide bonds. The van der Waals surface area contributed by atoms with Gasteiger partial charge in [-0.05, 0) is 31.0 Å². The monoisotopic (exact) mass is 452 g/mol. The van der Waals surface area contributed by atoms with Crippen LogP contribution in [0.15, 0.2) is 52.5 Å². The number of amides is 1. The first kappa shape index (κ1) is 21.5. The Balaban J connectivity index is 1.73. The number of carbonyl (C=O) groups excluding carboxylic acids is 1. The summed E-state index contributed by atoms with van der Waals surface area (Å²) in [5.74, 6) is 0.169. The second-order valence-electron chi connectivity index (χ2n) is 7.40. The number of benzene rings is 1. The van der Waals surface area contributed by atoms with Crippen LogP contribution in [-0.4, -0.2) is 32.7 Å². The highest BCUT2D eigenvalue weighted by atomic mass is 32.2. The Morgan fingerprint density at radius 2 is 2.03 bits per heavy atom. The molecular formula is C23H24N4O2S2. The van der Waals surface area contributed by atoms with Crippen LogP contribution < -0.4 is 10.9 Å². The van der Waals surface area contributed by atoms with Gasteiger partial charge < -0.3 is 5.32 Å². The van der Waals surface area contributed by atoms with Crippen molar-refractivity contribution in [2.24, 2.45) is 0 Å². The van der Waals surface area contributed by atoms with Crippen LogP contribution in [-0.2, 0) is 11.3 Å². The lowest BCUT2D eigenvalue weighted by molar-refractivity contribution is -0.118. The van der Waals surface area contributed by atoms with Crippen LogP contribution in [0.25, 0.3) is 20.4 Å². The molecule has 3 heterocycles. The van der Waals surface area contributed by atoms with E-state index >= 15 is 0 Å². The number of carbonyl (C=O) groups is 1. The Morgan fingerprint density at radius 3 is 2.81 bits per heavy atom. The molecule has 160 valence electrons. The lowest BCUT2D eigenvalue weighted by Gasteiger charge is -2.12. The zero-order valence-corrected chi connectivity index (χ0v) is 19.2. The normalized spacial score (nSPS) is 11.3. The number of unbranched alkanes of at least 4 members (excludes halogenated alkanes) is 1. The van der Waals surface area contributed by atoms with Crippen molar-refractivity contribution < 1.29 is 4.79 Å². The van der Waals surface area contributed by atoms with E-state index in [1.807, 2.05) is 43.3 Å². The van der Waals surface area contributed by atoms with Crippen LogP contribution >= 0.6 is 23.1 Å². The second kappa shape index (κ2) is 9.62. The molecule has 0 spiro atoms. The Kier molecular flexibility index (Phi) is 6.67. The second-order valence-corrected chi connectivity index (χ2v) is 9.34. The van der Waals surface area contributed by atoms with E-state index in [-0.39, 0.29) is 17.2 Å². The molecule has 0 radical (unpaired) electrons. The van der Waals surface area contributed by atoms with E-state index < -0.39 is 0 Å². The van der Waals surface area contributed by atoms with Gasteiger partial charge in [-0.1, -0.05) is 54.9 Å². The fourth-order valence-electron chi connectivity index (χ4n) is 3.25. The molecule has 3 aromatic heterocycles. The molecule has 0 bridgehead atoms. The maximum atomic E-state index is 13.4. The Morgan fingerprint density at radius 1 is 1.23 bits per heavy atom. The lowest BCUT2D eigenvalue weighted by Crippen LogP contribution is -2.27. The number of pyridine rings is 1. The maximum absolute atomic E-state index is 13.4. The lowest BCUT2D eigenvalue weighted by atomic mass is 10.1. The first-order chi connectivity index (χ1) is 15.1. The topological polar surface area (TPSA) is 76.9 Å². The largest absolute Gasteiger partial charge is 0.355 e. The average molecular weight is 453 g/mol. The number of aromatic nitrogens is 3. The average Bonchev–Trinajstić information content (AvgIpc) is 3.15. The van der Waals surface area contributed by atoms with Crippen molar-refractivity contribution in [3.8, 4) is 0 Å². The van der Waals surface area contributed by atoms with Crippen LogP contribution in [0.5, 0.6) is 0 Å². The first-order valence-electron chi connectivity index (χ1n) is 10.3. The van der Waals surface area contributed by atoms with Gasteiger partial charge in [0.1, 0.15) is 9.53 Å². The van der Waals surface area contributed by atoms with Gasteiger partial charge >= 0.3 is 0 Å². The van der Waals surface area contributed by atoms with E-state index in [1.54, 1.807) is 10.8 Å². The highest BCUT2D eigenvalue weighted by Crippen LogP contribution is 2.30. The molecule has 1 N–H and O–H groups in total. The number of nitrogens with zero attached hydrogens (tertiary/aromatic N) is 3. The summed E-state index contributed by atoms with van der Waals surface area (Å²) in [5.41, 5.74) is 2.75. The quantitative estimate of drug-likeness (QED) is 0.244. The van der Waals surface area contributed by atoms with Crippen LogP contribution in [0.3, 0.4) is 0 Å². The summed E-state index contributed by atoms with van der Waals surface area (Å²) in [4.78, 5) is 35.7. The van der Waals surface area contributed by atoms with Gasteiger partial charge in [0.15, 0.2) is 5.16 Å². The molecule has 31 heavy (non-hydrogen) atoms. The SMILES string of the molecule is CCCCNC(=O)CSc1nc2c(sc3ncccc32)c(=O)n1Cc1ccc(C)cc1. The number of rotatable bonds is 8. The molecule has 6 nitrogen and oxygen atoms in total.